The summed E-state index contributed by atoms with van der Waals surface area (Å²) in [6, 6.07) is -0.407. The van der Waals surface area contributed by atoms with Crippen molar-refractivity contribution < 1.29 is 53.2 Å². The fraction of sp³-hybridized carbons (Fsp3) is 0.690. The molecule has 1 aromatic carbocycles. The van der Waals surface area contributed by atoms with Crippen LogP contribution in [0, 0.1) is 17.8 Å². The quantitative estimate of drug-likeness (QED) is 0.0659. The van der Waals surface area contributed by atoms with Gasteiger partial charge in [-0.25, -0.2) is 9.59 Å². The minimum Gasteiger partial charge on any atom is -0.488 e. The highest BCUT2D eigenvalue weighted by Gasteiger charge is 2.37. The number of carbonyl (C=O) groups excluding carboxylic acids is 6. The van der Waals surface area contributed by atoms with Gasteiger partial charge in [-0.3, -0.25) is 24.0 Å². The molecule has 0 saturated heterocycles. The number of benzene rings is 1. The normalized spacial score (nSPS) is 16.1. The van der Waals surface area contributed by atoms with Crippen molar-refractivity contribution in [2.75, 3.05) is 6.61 Å². The van der Waals surface area contributed by atoms with E-state index in [1.165, 1.54) is 6.92 Å². The number of carbonyl (C=O) groups is 7. The van der Waals surface area contributed by atoms with Gasteiger partial charge >= 0.3 is 11.9 Å². The van der Waals surface area contributed by atoms with E-state index in [-0.39, 0.29) is 37.7 Å². The Labute approximate surface area is 349 Å². The highest BCUT2D eigenvalue weighted by atomic mass is 16.5. The number of hydrogen-bond donors (Lipinski definition) is 8. The summed E-state index contributed by atoms with van der Waals surface area (Å²) in [7, 11) is 0. The van der Waals surface area contributed by atoms with Crippen molar-refractivity contribution in [1.29, 1.82) is 0 Å². The summed E-state index contributed by atoms with van der Waals surface area (Å²) in [6.45, 7) is 18.7. The van der Waals surface area contributed by atoms with Crippen molar-refractivity contribution in [2.45, 2.75) is 163 Å². The Kier molecular flexibility index (Phi) is 22.1. The number of aliphatic hydroxyl groups excluding tert-OH is 1. The molecule has 9 atom stereocenters. The lowest BCUT2D eigenvalue weighted by molar-refractivity contribution is -0.157. The highest BCUT2D eigenvalue weighted by molar-refractivity contribution is 5.95. The fourth-order valence-electron chi connectivity index (χ4n) is 5.98. The molecule has 0 fully saturated rings. The number of nitrogens with two attached hydrogens (primary N) is 1. The maximum atomic E-state index is 14.3. The molecule has 0 saturated carbocycles. The first-order valence-electron chi connectivity index (χ1n) is 20.5. The highest BCUT2D eigenvalue weighted by Crippen LogP contribution is 2.20. The first-order chi connectivity index (χ1) is 27.4. The molecule has 0 heterocycles. The van der Waals surface area contributed by atoms with E-state index < -0.39 is 95.3 Å². The second kappa shape index (κ2) is 25.0. The van der Waals surface area contributed by atoms with Crippen LogP contribution in [0.2, 0.25) is 0 Å². The zero-order valence-electron chi connectivity index (χ0n) is 36.7. The number of carboxylic acid groups (broad SMARTS) is 1. The van der Waals surface area contributed by atoms with Crippen LogP contribution in [0.5, 0.6) is 5.75 Å². The summed E-state index contributed by atoms with van der Waals surface area (Å²) in [6.07, 6.45) is 0.137. The van der Waals surface area contributed by atoms with Crippen LogP contribution in [-0.2, 0) is 44.7 Å². The lowest BCUT2D eigenvalue weighted by atomic mass is 9.95. The van der Waals surface area contributed by atoms with Crippen LogP contribution in [0.25, 0.3) is 0 Å². The topological polar surface area (TPSA) is 265 Å². The van der Waals surface area contributed by atoms with Crippen molar-refractivity contribution in [3.8, 4) is 5.75 Å². The summed E-state index contributed by atoms with van der Waals surface area (Å²) >= 11 is 0. The Morgan fingerprint density at radius 3 is 1.75 bits per heavy atom. The Hall–Kier alpha value is -4.77. The first-order valence-corrected chi connectivity index (χ1v) is 20.5. The molecule has 0 unspecified atom stereocenters. The number of aliphatic carboxylic acids is 1. The molecule has 0 spiro atoms. The Bertz CT molecular complexity index is 1550. The molecule has 17 nitrogen and oxygen atoms in total. The third kappa shape index (κ3) is 18.8. The van der Waals surface area contributed by atoms with Crippen molar-refractivity contribution in [1.82, 2.24) is 26.6 Å². The van der Waals surface area contributed by atoms with E-state index in [1.54, 1.807) is 58.9 Å². The maximum Gasteiger partial charge on any atom is 0.329 e. The number of amides is 5. The van der Waals surface area contributed by atoms with Gasteiger partial charge in [-0.2, -0.15) is 0 Å². The fourth-order valence-corrected chi connectivity index (χ4v) is 5.98. The van der Waals surface area contributed by atoms with Crippen LogP contribution in [0.1, 0.15) is 114 Å². The second-order valence-corrected chi connectivity index (χ2v) is 16.7. The number of esters is 1. The number of ether oxygens (including phenoxy) is 2. The average Bonchev–Trinajstić information content (AvgIpc) is 3.15. The molecule has 17 heteroatoms. The molecule has 0 radical (unpaired) electrons. The Morgan fingerprint density at radius 1 is 0.729 bits per heavy atom. The largest absolute Gasteiger partial charge is 0.488 e. The van der Waals surface area contributed by atoms with E-state index >= 15 is 0 Å². The molecule has 0 aliphatic rings. The maximum absolute atomic E-state index is 14.3. The molecular weight excluding hydrogens is 764 g/mol. The Balaban J connectivity index is 3.52. The van der Waals surface area contributed by atoms with Crippen LogP contribution >= 0.6 is 0 Å². The van der Waals surface area contributed by atoms with Gasteiger partial charge in [0.1, 0.15) is 47.7 Å². The minimum absolute atomic E-state index is 0.0326. The van der Waals surface area contributed by atoms with E-state index in [2.05, 4.69) is 26.6 Å². The molecule has 1 aromatic rings. The van der Waals surface area contributed by atoms with Gasteiger partial charge in [0.15, 0.2) is 0 Å². The number of nitrogens with one attached hydrogen (secondary N) is 5. The lowest BCUT2D eigenvalue weighted by Gasteiger charge is -2.31. The number of hydrogen-bond acceptors (Lipinski definition) is 11. The number of rotatable bonds is 25. The summed E-state index contributed by atoms with van der Waals surface area (Å²) < 4.78 is 11.6. The lowest BCUT2D eigenvalue weighted by Crippen LogP contribution is -2.60. The number of carboxylic acids is 1. The summed E-state index contributed by atoms with van der Waals surface area (Å²) in [5, 5.41) is 31.9. The third-order valence-corrected chi connectivity index (χ3v) is 9.72. The van der Waals surface area contributed by atoms with E-state index in [0.717, 1.165) is 6.92 Å². The van der Waals surface area contributed by atoms with Crippen molar-refractivity contribution >= 4 is 41.5 Å². The summed E-state index contributed by atoms with van der Waals surface area (Å²) in [5.41, 5.74) is 6.20. The predicted octanol–water partition coefficient (Wildman–Crippen LogP) is 2.10. The van der Waals surface area contributed by atoms with Crippen molar-refractivity contribution in [3.63, 3.8) is 0 Å². The average molecular weight is 835 g/mol. The molecule has 334 valence electrons. The standard InChI is InChI=1S/C42H70N6O11/c1-12-24(5)33(47-36(51)30(43)15-14-20-49)38(53)45-31(22-28-16-18-29(19-17-28)59-42(9,10)11)37(52)48-34(25(6)13-2)41(57)58-26(7)35(44-27(8)50)39(54)46-32(40(55)56)21-23(3)4/h16-19,23-26,30-35,49H,12-15,20-22,43H2,1-11H3,(H,44,50)(H,45,53)(H,46,54)(H,47,51)(H,48,52)(H,55,56)/t24-,25-,26+,30-,31-,32-,33-,34-,35-/m0/s1. The van der Waals surface area contributed by atoms with Gasteiger partial charge in [0.25, 0.3) is 0 Å². The van der Waals surface area contributed by atoms with Gasteiger partial charge in [-0.1, -0.05) is 66.5 Å². The second-order valence-electron chi connectivity index (χ2n) is 16.7. The van der Waals surface area contributed by atoms with Crippen LogP contribution in [0.3, 0.4) is 0 Å². The third-order valence-electron chi connectivity index (χ3n) is 9.72. The molecule has 1 rings (SSSR count). The smallest absolute Gasteiger partial charge is 0.329 e. The molecule has 0 aliphatic heterocycles. The van der Waals surface area contributed by atoms with Crippen LogP contribution in [-0.4, -0.2) is 106 Å². The monoisotopic (exact) mass is 835 g/mol. The number of aliphatic hydroxyl groups is 1. The summed E-state index contributed by atoms with van der Waals surface area (Å²) in [4.78, 5) is 92.5. The molecular formula is C42H70N6O11. The van der Waals surface area contributed by atoms with Gasteiger partial charge < -0.3 is 52.0 Å². The van der Waals surface area contributed by atoms with Crippen LogP contribution in [0.15, 0.2) is 24.3 Å². The van der Waals surface area contributed by atoms with E-state index in [1.807, 2.05) is 27.7 Å². The van der Waals surface area contributed by atoms with Crippen molar-refractivity contribution in [3.05, 3.63) is 29.8 Å². The zero-order chi connectivity index (χ0) is 45.2. The van der Waals surface area contributed by atoms with Crippen LogP contribution < -0.4 is 37.1 Å². The van der Waals surface area contributed by atoms with Gasteiger partial charge in [0, 0.05) is 20.0 Å². The van der Waals surface area contributed by atoms with Gasteiger partial charge in [-0.15, -0.1) is 0 Å². The molecule has 5 amide bonds. The molecule has 59 heavy (non-hydrogen) atoms. The first kappa shape index (κ1) is 52.2. The van der Waals surface area contributed by atoms with E-state index in [9.17, 15) is 43.8 Å². The molecule has 9 N–H and O–H groups in total. The zero-order valence-corrected chi connectivity index (χ0v) is 36.7. The molecule has 0 bridgehead atoms. The van der Waals surface area contributed by atoms with Gasteiger partial charge in [0.2, 0.25) is 29.5 Å². The molecule has 0 aliphatic carbocycles. The predicted molar refractivity (Wildman–Crippen MR) is 222 cm³/mol. The van der Waals surface area contributed by atoms with Crippen LogP contribution in [0.4, 0.5) is 0 Å². The molecule has 0 aromatic heterocycles. The van der Waals surface area contributed by atoms with Gasteiger partial charge in [-0.05, 0) is 82.4 Å². The summed E-state index contributed by atoms with van der Waals surface area (Å²) in [5.74, 6) is -6.11. The van der Waals surface area contributed by atoms with E-state index in [0.29, 0.717) is 30.6 Å². The van der Waals surface area contributed by atoms with Crippen molar-refractivity contribution in [2.24, 2.45) is 23.5 Å². The SMILES string of the molecule is CC[C@H](C)[C@H](NC(=O)[C@@H](N)CCCO)C(=O)N[C@@H](Cc1ccc(OC(C)(C)C)cc1)C(=O)N[C@H](C(=O)O[C@H](C)[C@H](NC(C)=O)C(=O)N[C@@H](CC(C)C)C(=O)O)[C@@H](C)CC. The Morgan fingerprint density at radius 2 is 1.25 bits per heavy atom. The minimum atomic E-state index is -1.47. The van der Waals surface area contributed by atoms with E-state index in [4.69, 9.17) is 15.2 Å². The van der Waals surface area contributed by atoms with Gasteiger partial charge in [0.05, 0.1) is 6.04 Å².